The van der Waals surface area contributed by atoms with Gasteiger partial charge in [0.2, 0.25) is 0 Å². The Kier molecular flexibility index (Phi) is 17.1. The van der Waals surface area contributed by atoms with Crippen LogP contribution in [0.1, 0.15) is 41.5 Å². The molecule has 3 nitrogen and oxygen atoms in total. The molecule has 7 heteroatoms. The van der Waals surface area contributed by atoms with Crippen LogP contribution in [0.2, 0.25) is 0 Å². The Hall–Kier alpha value is -4.35. The van der Waals surface area contributed by atoms with Crippen LogP contribution in [0.4, 0.5) is 0 Å². The molecule has 0 amide bonds. The Bertz CT molecular complexity index is 2140. The van der Waals surface area contributed by atoms with E-state index >= 15 is 0 Å². The minimum atomic E-state index is -0.834. The van der Waals surface area contributed by atoms with Gasteiger partial charge in [-0.3, -0.25) is 0 Å². The van der Waals surface area contributed by atoms with Gasteiger partial charge in [0.05, 0.1) is 27.8 Å². The zero-order chi connectivity index (χ0) is 38.3. The van der Waals surface area contributed by atoms with Crippen molar-refractivity contribution < 1.29 is 35.1 Å². The maximum Gasteiger partial charge on any atom is 2.00 e. The number of Topliss-reactive ketones (excluding diaryl/α,β-unsaturated/α-hetero) is 2. The molecule has 280 valence electrons. The Morgan fingerprint density at radius 1 is 0.600 bits per heavy atom. The Balaban J connectivity index is 0.000000173. The van der Waals surface area contributed by atoms with Crippen molar-refractivity contribution in [2.24, 2.45) is 0 Å². The third kappa shape index (κ3) is 13.1. The third-order valence-corrected chi connectivity index (χ3v) is 13.7. The Morgan fingerprint density at radius 2 is 0.982 bits per heavy atom. The molecule has 0 aromatic heterocycles. The van der Waals surface area contributed by atoms with E-state index in [1.807, 2.05) is 0 Å². The van der Waals surface area contributed by atoms with Crippen LogP contribution in [-0.2, 0) is 20.4 Å². The summed E-state index contributed by atoms with van der Waals surface area (Å²) in [5.41, 5.74) is 0.230. The summed E-state index contributed by atoms with van der Waals surface area (Å²) in [6.07, 6.45) is 11.0. The quantitative estimate of drug-likeness (QED) is 0.107. The molecule has 2 aliphatic carbocycles. The van der Waals surface area contributed by atoms with E-state index in [9.17, 15) is 9.59 Å². The van der Waals surface area contributed by atoms with Crippen molar-refractivity contribution in [1.82, 2.24) is 0 Å². The van der Waals surface area contributed by atoms with E-state index in [1.54, 1.807) is 45.0 Å². The summed E-state index contributed by atoms with van der Waals surface area (Å²) in [5, 5.41) is 17.1. The topological polar surface area (TPSA) is 54.4 Å². The van der Waals surface area contributed by atoms with E-state index in [-0.39, 0.29) is 37.0 Å². The van der Waals surface area contributed by atoms with Crippen molar-refractivity contribution >= 4 is 70.5 Å². The molecule has 0 spiro atoms. The maximum absolute atomic E-state index is 11.4. The van der Waals surface area contributed by atoms with Gasteiger partial charge in [-0.25, -0.2) is 12.1 Å². The van der Waals surface area contributed by atoms with E-state index in [1.165, 1.54) is 31.8 Å². The van der Waals surface area contributed by atoms with Crippen molar-refractivity contribution in [1.29, 1.82) is 0 Å². The van der Waals surface area contributed by atoms with Gasteiger partial charge in [0.1, 0.15) is 0 Å². The zero-order valence-corrected chi connectivity index (χ0v) is 35.2. The number of rotatable bonds is 5. The van der Waals surface area contributed by atoms with E-state index < -0.39 is 21.1 Å². The molecule has 6 aromatic rings. The second-order valence-corrected chi connectivity index (χ2v) is 18.7. The van der Waals surface area contributed by atoms with Crippen LogP contribution in [0.15, 0.2) is 199 Å². The van der Waals surface area contributed by atoms with Gasteiger partial charge in [0, 0.05) is 7.92 Å². The summed E-state index contributed by atoms with van der Waals surface area (Å²) in [4.78, 5) is 22.7. The summed E-state index contributed by atoms with van der Waals surface area (Å²) in [6, 6.07) is 58.6. The molecule has 0 atom stereocenters. The largest absolute Gasteiger partial charge is 2.00 e. The predicted molar refractivity (Wildman–Crippen MR) is 236 cm³/mol. The molecule has 6 aromatic carbocycles. The first-order valence-electron chi connectivity index (χ1n) is 17.7. The molecular formula is C48H44ClO3P2Pd+. The first-order valence-corrected chi connectivity index (χ1v) is 21.1. The van der Waals surface area contributed by atoms with Crippen LogP contribution < -0.4 is 26.5 Å². The number of hydrogen-bond acceptors (Lipinski definition) is 3. The monoisotopic (exact) mass is 871 g/mol. The number of halogens is 1. The third-order valence-electron chi connectivity index (χ3n) is 7.99. The summed E-state index contributed by atoms with van der Waals surface area (Å²) in [7, 11) is -1.67. The number of carbonyl (C=O) groups is 2. The molecule has 1 N–H and O–H groups in total. The molecule has 0 radical (unpaired) electrons. The van der Waals surface area contributed by atoms with Gasteiger partial charge >= 0.3 is 20.4 Å². The van der Waals surface area contributed by atoms with Gasteiger partial charge in [-0.2, -0.15) is 0 Å². The molecule has 0 bridgehead atoms. The number of benzene rings is 5. The Labute approximate surface area is 346 Å². The fourth-order valence-electron chi connectivity index (χ4n) is 5.72. The second-order valence-electron chi connectivity index (χ2n) is 13.4. The Morgan fingerprint density at radius 3 is 1.42 bits per heavy atom. The predicted octanol–water partition coefficient (Wildman–Crippen LogP) is 8.81. The van der Waals surface area contributed by atoms with Crippen molar-refractivity contribution in [2.75, 3.05) is 0 Å². The average molecular weight is 873 g/mol. The number of ketones is 2. The van der Waals surface area contributed by atoms with E-state index in [0.717, 1.165) is 0 Å². The van der Waals surface area contributed by atoms with Gasteiger partial charge in [-0.1, -0.05) is 158 Å². The summed E-state index contributed by atoms with van der Waals surface area (Å²) in [6.45, 7) is 5.23. The molecule has 2 aliphatic rings. The first-order chi connectivity index (χ1) is 26.1. The number of hydrogen-bond donors (Lipinski definition) is 1. The van der Waals surface area contributed by atoms with E-state index in [0.29, 0.717) is 11.1 Å². The van der Waals surface area contributed by atoms with Gasteiger partial charge in [0.25, 0.3) is 0 Å². The van der Waals surface area contributed by atoms with Crippen molar-refractivity contribution in [3.8, 4) is 0 Å². The second kappa shape index (κ2) is 21.7. The van der Waals surface area contributed by atoms with Crippen molar-refractivity contribution in [3.05, 3.63) is 216 Å². The zero-order valence-electron chi connectivity index (χ0n) is 30.9. The van der Waals surface area contributed by atoms with Gasteiger partial charge in [0.15, 0.2) is 0 Å². The van der Waals surface area contributed by atoms with Crippen LogP contribution in [0, 0.1) is 6.08 Å². The van der Waals surface area contributed by atoms with Crippen molar-refractivity contribution in [3.63, 3.8) is 0 Å². The molecule has 0 heterocycles. The van der Waals surface area contributed by atoms with Crippen molar-refractivity contribution in [2.45, 2.75) is 26.4 Å². The van der Waals surface area contributed by atoms with Crippen LogP contribution in [0.25, 0.3) is 0 Å². The molecule has 0 aliphatic heterocycles. The molecule has 8 rings (SSSR count). The molecule has 0 fully saturated rings. The van der Waals surface area contributed by atoms with Crippen LogP contribution in [0.3, 0.4) is 0 Å². The molecule has 0 saturated carbocycles. The minimum absolute atomic E-state index is 0. The van der Waals surface area contributed by atoms with Crippen LogP contribution in [-0.4, -0.2) is 27.6 Å². The van der Waals surface area contributed by atoms with Gasteiger partial charge in [-0.15, -0.1) is 35.9 Å². The van der Waals surface area contributed by atoms with Gasteiger partial charge < -0.3 is 14.7 Å². The molecule has 0 saturated heterocycles. The maximum atomic E-state index is 11.4. The summed E-state index contributed by atoms with van der Waals surface area (Å²) >= 11 is 5.52. The van der Waals surface area contributed by atoms with E-state index in [2.05, 4.69) is 176 Å². The molecule has 0 unspecified atom stereocenters. The first kappa shape index (κ1) is 43.4. The number of aliphatic hydroxyl groups is 1. The fourth-order valence-corrected chi connectivity index (χ4v) is 11.1. The average Bonchev–Trinajstić information content (AvgIpc) is 3.92. The standard InChI is InChI=1S/2C17H15P.C10H4ClO2.C4H10O.Pd/c2*1-3-9-15(10-4-1)18(17-13-7-8-14-17)16-11-5-2-6-12-16;11-8-5-9(12)6-3-1-2-4-7(6)10(8)13;1-4(2,3)5;/h2*1-14,18H;1-4H;5H,1-3H3;/q;;-1;;+2. The van der Waals surface area contributed by atoms with E-state index in [4.69, 9.17) is 16.7 Å². The summed E-state index contributed by atoms with van der Waals surface area (Å²) in [5.74, 6) is -0.669. The smallest absolute Gasteiger partial charge is 0.391 e. The van der Waals surface area contributed by atoms with Crippen LogP contribution >= 0.6 is 27.1 Å². The number of carbonyl (C=O) groups excluding carboxylic acids is 2. The SMILES string of the molecule is C1=CC(=[PH](c2ccccc2)c2ccccc2)C=C1.CC(C)(C)O.O=C1[C-]=C(Cl)C(=O)c2ccccc21.[Pd+2].c1ccc([PH+](c2ccccc2)[c-]2cccc2)cc1. The van der Waals surface area contributed by atoms with Gasteiger partial charge in [-0.05, 0) is 71.3 Å². The number of fused-ring (bicyclic) bond motifs is 1. The number of allylic oxidation sites excluding steroid dienone is 6. The normalized spacial score (nSPS) is 12.6. The summed E-state index contributed by atoms with van der Waals surface area (Å²) < 4.78 is 0. The molecular weight excluding hydrogens is 828 g/mol. The molecule has 55 heavy (non-hydrogen) atoms. The minimum Gasteiger partial charge on any atom is -0.391 e. The fraction of sp³-hybridized carbons (Fsp3) is 0.0833. The van der Waals surface area contributed by atoms with Crippen LogP contribution in [0.5, 0.6) is 0 Å².